The molecule has 13 heavy (non-hydrogen) atoms. The molecule has 0 aromatic carbocycles. The highest BCUT2D eigenvalue weighted by Crippen LogP contribution is 2.46. The standard InChI is InChI=1S/C12H18O/c1-2-3-6-12-7-4-10(5-8-12)9-11(12)13/h4,7,10H,2-3,5-6,8-9H2,1H3. The second-order valence-electron chi connectivity index (χ2n) is 4.54. The van der Waals surface area contributed by atoms with E-state index in [1.54, 1.807) is 0 Å². The highest BCUT2D eigenvalue weighted by Gasteiger charge is 2.42. The molecule has 0 amide bonds. The Bertz CT molecular complexity index is 242. The summed E-state index contributed by atoms with van der Waals surface area (Å²) in [6, 6.07) is 0. The van der Waals surface area contributed by atoms with Crippen LogP contribution < -0.4 is 0 Å². The zero-order valence-electron chi connectivity index (χ0n) is 8.38. The van der Waals surface area contributed by atoms with Gasteiger partial charge < -0.3 is 0 Å². The fourth-order valence-corrected chi connectivity index (χ4v) is 2.63. The monoisotopic (exact) mass is 178 g/mol. The number of allylic oxidation sites excluding steroid dienone is 2. The summed E-state index contributed by atoms with van der Waals surface area (Å²) >= 11 is 0. The van der Waals surface area contributed by atoms with Gasteiger partial charge in [-0.15, -0.1) is 0 Å². The number of fused-ring (bicyclic) bond motifs is 2. The summed E-state index contributed by atoms with van der Waals surface area (Å²) in [4.78, 5) is 11.8. The minimum absolute atomic E-state index is 0.0231. The Morgan fingerprint density at radius 3 is 3.00 bits per heavy atom. The molecule has 2 unspecified atom stereocenters. The summed E-state index contributed by atoms with van der Waals surface area (Å²) in [6.07, 6.45) is 11.2. The largest absolute Gasteiger partial charge is 0.299 e. The van der Waals surface area contributed by atoms with Crippen molar-refractivity contribution in [1.82, 2.24) is 0 Å². The normalized spacial score (nSPS) is 37.0. The molecule has 2 atom stereocenters. The van der Waals surface area contributed by atoms with E-state index in [9.17, 15) is 4.79 Å². The van der Waals surface area contributed by atoms with Crippen LogP contribution in [0.15, 0.2) is 12.2 Å². The van der Waals surface area contributed by atoms with Gasteiger partial charge in [-0.2, -0.15) is 0 Å². The van der Waals surface area contributed by atoms with Crippen molar-refractivity contribution in [3.63, 3.8) is 0 Å². The Kier molecular flexibility index (Phi) is 2.27. The van der Waals surface area contributed by atoms with Crippen LogP contribution >= 0.6 is 0 Å². The molecule has 72 valence electrons. The number of unbranched alkanes of at least 4 members (excludes halogenated alkanes) is 1. The summed E-state index contributed by atoms with van der Waals surface area (Å²) in [5, 5.41) is 0. The first-order valence-corrected chi connectivity index (χ1v) is 5.49. The predicted molar refractivity (Wildman–Crippen MR) is 53.4 cm³/mol. The Balaban J connectivity index is 2.13. The summed E-state index contributed by atoms with van der Waals surface area (Å²) < 4.78 is 0. The van der Waals surface area contributed by atoms with E-state index in [0.717, 1.165) is 19.3 Å². The zero-order chi connectivity index (χ0) is 9.31. The van der Waals surface area contributed by atoms with Gasteiger partial charge in [0.25, 0.3) is 0 Å². The van der Waals surface area contributed by atoms with Crippen molar-refractivity contribution in [1.29, 1.82) is 0 Å². The van der Waals surface area contributed by atoms with Crippen molar-refractivity contribution in [3.05, 3.63) is 12.2 Å². The summed E-state index contributed by atoms with van der Waals surface area (Å²) in [6.45, 7) is 2.19. The van der Waals surface area contributed by atoms with E-state index < -0.39 is 0 Å². The number of ketones is 1. The molecule has 3 aliphatic rings. The van der Waals surface area contributed by atoms with E-state index in [1.165, 1.54) is 19.3 Å². The van der Waals surface area contributed by atoms with Gasteiger partial charge in [0.15, 0.2) is 0 Å². The molecule has 1 nitrogen and oxygen atoms in total. The molecule has 0 saturated heterocycles. The van der Waals surface area contributed by atoms with Crippen molar-refractivity contribution in [3.8, 4) is 0 Å². The van der Waals surface area contributed by atoms with Gasteiger partial charge in [0.1, 0.15) is 5.78 Å². The summed E-state index contributed by atoms with van der Waals surface area (Å²) in [7, 11) is 0. The first-order chi connectivity index (χ1) is 6.27. The van der Waals surface area contributed by atoms with Crippen LogP contribution in [0, 0.1) is 11.3 Å². The van der Waals surface area contributed by atoms with Gasteiger partial charge in [-0.3, -0.25) is 4.79 Å². The maximum atomic E-state index is 11.8. The van der Waals surface area contributed by atoms with E-state index in [1.807, 2.05) is 0 Å². The van der Waals surface area contributed by atoms with Crippen molar-refractivity contribution in [2.45, 2.75) is 45.4 Å². The third-order valence-electron chi connectivity index (χ3n) is 3.63. The number of hydrogen-bond acceptors (Lipinski definition) is 1. The van der Waals surface area contributed by atoms with Crippen molar-refractivity contribution in [2.24, 2.45) is 11.3 Å². The molecule has 0 radical (unpaired) electrons. The topological polar surface area (TPSA) is 17.1 Å². The lowest BCUT2D eigenvalue weighted by atomic mass is 9.62. The molecule has 1 saturated carbocycles. The van der Waals surface area contributed by atoms with Gasteiger partial charge in [-0.05, 0) is 25.2 Å². The Morgan fingerprint density at radius 1 is 1.62 bits per heavy atom. The molecule has 0 aliphatic heterocycles. The number of carbonyl (C=O) groups excluding carboxylic acids is 1. The van der Waals surface area contributed by atoms with Crippen LogP contribution in [-0.2, 0) is 4.79 Å². The van der Waals surface area contributed by atoms with Gasteiger partial charge in [0.2, 0.25) is 0 Å². The van der Waals surface area contributed by atoms with E-state index >= 15 is 0 Å². The van der Waals surface area contributed by atoms with Crippen LogP contribution in [0.2, 0.25) is 0 Å². The maximum Gasteiger partial charge on any atom is 0.143 e. The second-order valence-corrected chi connectivity index (χ2v) is 4.54. The van der Waals surface area contributed by atoms with Gasteiger partial charge in [0.05, 0.1) is 0 Å². The average Bonchev–Trinajstić information content (AvgIpc) is 2.17. The Morgan fingerprint density at radius 2 is 2.46 bits per heavy atom. The molecule has 2 bridgehead atoms. The molecule has 0 heterocycles. The fraction of sp³-hybridized carbons (Fsp3) is 0.750. The average molecular weight is 178 g/mol. The molecule has 0 aromatic rings. The lowest BCUT2D eigenvalue weighted by Crippen LogP contribution is -2.38. The Labute approximate surface area is 80.2 Å². The third-order valence-corrected chi connectivity index (χ3v) is 3.63. The van der Waals surface area contributed by atoms with Gasteiger partial charge in [-0.1, -0.05) is 31.9 Å². The number of Topliss-reactive ketones (excluding diaryl/α,β-unsaturated/α-hetero) is 1. The van der Waals surface area contributed by atoms with Gasteiger partial charge in [-0.25, -0.2) is 0 Å². The third kappa shape index (κ3) is 1.45. The molecule has 0 spiro atoms. The predicted octanol–water partition coefficient (Wildman–Crippen LogP) is 3.10. The van der Waals surface area contributed by atoms with Crippen LogP contribution in [0.5, 0.6) is 0 Å². The van der Waals surface area contributed by atoms with Crippen LogP contribution in [0.1, 0.15) is 45.4 Å². The first-order valence-electron chi connectivity index (χ1n) is 5.49. The van der Waals surface area contributed by atoms with Crippen LogP contribution in [0.3, 0.4) is 0 Å². The SMILES string of the molecule is CCCCC12C=CC(CC1)CC2=O. The van der Waals surface area contributed by atoms with Gasteiger partial charge >= 0.3 is 0 Å². The zero-order valence-corrected chi connectivity index (χ0v) is 8.38. The molecule has 3 aliphatic carbocycles. The Hall–Kier alpha value is -0.590. The van der Waals surface area contributed by atoms with Crippen LogP contribution in [0.25, 0.3) is 0 Å². The van der Waals surface area contributed by atoms with E-state index in [0.29, 0.717) is 11.7 Å². The number of rotatable bonds is 3. The lowest BCUT2D eigenvalue weighted by Gasteiger charge is -2.40. The lowest BCUT2D eigenvalue weighted by molar-refractivity contribution is -0.130. The van der Waals surface area contributed by atoms with Gasteiger partial charge in [0, 0.05) is 11.8 Å². The molecule has 1 heteroatoms. The van der Waals surface area contributed by atoms with Crippen LogP contribution in [-0.4, -0.2) is 5.78 Å². The fourth-order valence-electron chi connectivity index (χ4n) is 2.63. The minimum atomic E-state index is -0.0231. The molecule has 0 N–H and O–H groups in total. The van der Waals surface area contributed by atoms with Crippen molar-refractivity contribution >= 4 is 5.78 Å². The molecular formula is C12H18O. The molecule has 3 rings (SSSR count). The maximum absolute atomic E-state index is 11.8. The van der Waals surface area contributed by atoms with E-state index in [4.69, 9.17) is 0 Å². The molecule has 1 fully saturated rings. The van der Waals surface area contributed by atoms with E-state index in [2.05, 4.69) is 19.1 Å². The minimum Gasteiger partial charge on any atom is -0.299 e. The number of carbonyl (C=O) groups is 1. The van der Waals surface area contributed by atoms with E-state index in [-0.39, 0.29) is 5.41 Å². The van der Waals surface area contributed by atoms with Crippen LogP contribution in [0.4, 0.5) is 0 Å². The van der Waals surface area contributed by atoms with Crippen molar-refractivity contribution in [2.75, 3.05) is 0 Å². The van der Waals surface area contributed by atoms with Crippen molar-refractivity contribution < 1.29 is 4.79 Å². The first kappa shape index (κ1) is 8.98. The highest BCUT2D eigenvalue weighted by molar-refractivity contribution is 5.89. The summed E-state index contributed by atoms with van der Waals surface area (Å²) in [5.74, 6) is 1.09. The smallest absolute Gasteiger partial charge is 0.143 e. The summed E-state index contributed by atoms with van der Waals surface area (Å²) in [5.41, 5.74) is -0.0231. The number of hydrogen-bond donors (Lipinski definition) is 0. The highest BCUT2D eigenvalue weighted by atomic mass is 16.1. The molecule has 0 aromatic heterocycles. The molecular weight excluding hydrogens is 160 g/mol. The quantitative estimate of drug-likeness (QED) is 0.607. The second kappa shape index (κ2) is 3.28.